The SMILES string of the molecule is CC(C)Cc1noc(C(C)NC(=O)c2cc(S(N)(=O)=O)ccc2F)n1. The van der Waals surface area contributed by atoms with Gasteiger partial charge in [0.25, 0.3) is 5.91 Å². The van der Waals surface area contributed by atoms with E-state index in [2.05, 4.69) is 15.5 Å². The van der Waals surface area contributed by atoms with Gasteiger partial charge >= 0.3 is 0 Å². The second-order valence-electron chi connectivity index (χ2n) is 6.03. The molecule has 0 saturated carbocycles. The van der Waals surface area contributed by atoms with E-state index in [1.807, 2.05) is 13.8 Å². The van der Waals surface area contributed by atoms with Gasteiger partial charge in [0.05, 0.1) is 10.5 Å². The summed E-state index contributed by atoms with van der Waals surface area (Å²) >= 11 is 0. The number of sulfonamides is 1. The third kappa shape index (κ3) is 4.83. The highest BCUT2D eigenvalue weighted by Gasteiger charge is 2.21. The molecule has 1 aromatic carbocycles. The summed E-state index contributed by atoms with van der Waals surface area (Å²) in [4.78, 5) is 16.1. The van der Waals surface area contributed by atoms with Gasteiger partial charge in [0.2, 0.25) is 15.9 Å². The standard InChI is InChI=1S/C15H19FN4O4S/c1-8(2)6-13-19-15(24-20-13)9(3)18-14(21)11-7-10(25(17,22)23)4-5-12(11)16/h4-5,7-9H,6H2,1-3H3,(H,18,21)(H2,17,22,23). The van der Waals surface area contributed by atoms with E-state index in [1.54, 1.807) is 6.92 Å². The summed E-state index contributed by atoms with van der Waals surface area (Å²) < 4.78 is 41.6. The highest BCUT2D eigenvalue weighted by atomic mass is 32.2. The average Bonchev–Trinajstić information content (AvgIpc) is 2.94. The van der Waals surface area contributed by atoms with Crippen LogP contribution in [-0.2, 0) is 16.4 Å². The molecule has 1 amide bonds. The number of aromatic nitrogens is 2. The van der Waals surface area contributed by atoms with Crippen molar-refractivity contribution in [3.05, 3.63) is 41.3 Å². The minimum absolute atomic E-state index is 0.173. The van der Waals surface area contributed by atoms with Gasteiger partial charge in [0.1, 0.15) is 11.9 Å². The number of carbonyl (C=O) groups is 1. The quantitative estimate of drug-likeness (QED) is 0.794. The zero-order valence-corrected chi connectivity index (χ0v) is 14.8. The van der Waals surface area contributed by atoms with E-state index in [1.165, 1.54) is 0 Å². The van der Waals surface area contributed by atoms with Crippen LogP contribution in [0.15, 0.2) is 27.6 Å². The third-order valence-electron chi connectivity index (χ3n) is 3.30. The van der Waals surface area contributed by atoms with Crippen molar-refractivity contribution in [2.45, 2.75) is 38.1 Å². The molecule has 1 unspecified atom stereocenters. The molecule has 1 atom stereocenters. The van der Waals surface area contributed by atoms with Gasteiger partial charge in [-0.25, -0.2) is 17.9 Å². The van der Waals surface area contributed by atoms with Crippen LogP contribution in [0.4, 0.5) is 4.39 Å². The van der Waals surface area contributed by atoms with E-state index in [9.17, 15) is 17.6 Å². The number of rotatable bonds is 6. The summed E-state index contributed by atoms with van der Waals surface area (Å²) in [6, 6.07) is 2.05. The third-order valence-corrected chi connectivity index (χ3v) is 4.21. The summed E-state index contributed by atoms with van der Waals surface area (Å²) in [5.74, 6) is -0.673. The topological polar surface area (TPSA) is 128 Å². The number of hydrogen-bond acceptors (Lipinski definition) is 6. The molecule has 0 fully saturated rings. The predicted octanol–water partition coefficient (Wildman–Crippen LogP) is 1.55. The van der Waals surface area contributed by atoms with Gasteiger partial charge in [-0.05, 0) is 31.0 Å². The molecule has 25 heavy (non-hydrogen) atoms. The summed E-state index contributed by atoms with van der Waals surface area (Å²) in [6.45, 7) is 5.59. The van der Waals surface area contributed by atoms with Gasteiger partial charge in [0, 0.05) is 6.42 Å². The van der Waals surface area contributed by atoms with Gasteiger partial charge in [0.15, 0.2) is 5.82 Å². The van der Waals surface area contributed by atoms with Crippen molar-refractivity contribution in [1.82, 2.24) is 15.5 Å². The molecule has 0 aliphatic rings. The number of benzene rings is 1. The molecule has 2 rings (SSSR count). The molecule has 10 heteroatoms. The van der Waals surface area contributed by atoms with E-state index in [0.717, 1.165) is 18.2 Å². The van der Waals surface area contributed by atoms with Crippen LogP contribution in [0.25, 0.3) is 0 Å². The molecule has 1 heterocycles. The van der Waals surface area contributed by atoms with E-state index in [0.29, 0.717) is 18.2 Å². The molecular formula is C15H19FN4O4S. The van der Waals surface area contributed by atoms with Gasteiger partial charge in [-0.2, -0.15) is 4.98 Å². The zero-order chi connectivity index (χ0) is 18.8. The van der Waals surface area contributed by atoms with E-state index < -0.39 is 33.4 Å². The maximum absolute atomic E-state index is 13.9. The molecule has 0 spiro atoms. The molecule has 0 saturated heterocycles. The van der Waals surface area contributed by atoms with Gasteiger partial charge in [-0.3, -0.25) is 4.79 Å². The first kappa shape index (κ1) is 19.0. The summed E-state index contributed by atoms with van der Waals surface area (Å²) in [5.41, 5.74) is -0.444. The highest BCUT2D eigenvalue weighted by Crippen LogP contribution is 2.17. The second-order valence-corrected chi connectivity index (χ2v) is 7.59. The number of hydrogen-bond donors (Lipinski definition) is 2. The molecule has 0 bridgehead atoms. The van der Waals surface area contributed by atoms with Crippen LogP contribution in [0.3, 0.4) is 0 Å². The predicted molar refractivity (Wildman–Crippen MR) is 86.5 cm³/mol. The van der Waals surface area contributed by atoms with Gasteiger partial charge in [-0.15, -0.1) is 0 Å². The summed E-state index contributed by atoms with van der Waals surface area (Å²) in [6.07, 6.45) is 0.620. The smallest absolute Gasteiger partial charge is 0.254 e. The first-order valence-corrected chi connectivity index (χ1v) is 9.08. The molecule has 1 aromatic heterocycles. The Bertz CT molecular complexity index is 879. The lowest BCUT2D eigenvalue weighted by atomic mass is 10.1. The first-order valence-electron chi connectivity index (χ1n) is 7.53. The summed E-state index contributed by atoms with van der Waals surface area (Å²) in [7, 11) is -4.05. The van der Waals surface area contributed by atoms with Crippen molar-refractivity contribution in [2.24, 2.45) is 11.1 Å². The molecule has 136 valence electrons. The summed E-state index contributed by atoms with van der Waals surface area (Å²) in [5, 5.41) is 11.3. The molecule has 8 nitrogen and oxygen atoms in total. The maximum Gasteiger partial charge on any atom is 0.254 e. The van der Waals surface area contributed by atoms with Crippen molar-refractivity contribution >= 4 is 15.9 Å². The van der Waals surface area contributed by atoms with E-state index in [-0.39, 0.29) is 10.8 Å². The number of nitrogens with two attached hydrogens (primary N) is 1. The lowest BCUT2D eigenvalue weighted by molar-refractivity contribution is 0.0928. The van der Waals surface area contributed by atoms with Crippen molar-refractivity contribution in [3.63, 3.8) is 0 Å². The number of amides is 1. The fraction of sp³-hybridized carbons (Fsp3) is 0.400. The molecular weight excluding hydrogens is 351 g/mol. The number of primary sulfonamides is 1. The Morgan fingerprint density at radius 1 is 1.36 bits per heavy atom. The minimum Gasteiger partial charge on any atom is -0.340 e. The van der Waals surface area contributed by atoms with Crippen LogP contribution in [0, 0.1) is 11.7 Å². The van der Waals surface area contributed by atoms with Crippen LogP contribution in [-0.4, -0.2) is 24.5 Å². The Labute approximate surface area is 144 Å². The van der Waals surface area contributed by atoms with Crippen LogP contribution < -0.4 is 10.5 Å². The molecule has 0 aliphatic carbocycles. The van der Waals surface area contributed by atoms with Crippen molar-refractivity contribution in [1.29, 1.82) is 0 Å². The van der Waals surface area contributed by atoms with Crippen molar-refractivity contribution in [3.8, 4) is 0 Å². The number of halogens is 1. The van der Waals surface area contributed by atoms with E-state index in [4.69, 9.17) is 9.66 Å². The number of nitrogens with one attached hydrogen (secondary N) is 1. The van der Waals surface area contributed by atoms with E-state index >= 15 is 0 Å². The van der Waals surface area contributed by atoms with Gasteiger partial charge in [-0.1, -0.05) is 19.0 Å². The van der Waals surface area contributed by atoms with Crippen LogP contribution in [0.1, 0.15) is 48.9 Å². The Hall–Kier alpha value is -2.33. The van der Waals surface area contributed by atoms with Crippen molar-refractivity contribution < 1.29 is 22.1 Å². The Morgan fingerprint density at radius 3 is 2.64 bits per heavy atom. The monoisotopic (exact) mass is 370 g/mol. The van der Waals surface area contributed by atoms with Crippen LogP contribution in [0.2, 0.25) is 0 Å². The second kappa shape index (κ2) is 7.28. The Balaban J connectivity index is 2.17. The molecule has 2 aromatic rings. The first-order chi connectivity index (χ1) is 11.6. The fourth-order valence-electron chi connectivity index (χ4n) is 2.08. The molecule has 0 radical (unpaired) electrons. The largest absolute Gasteiger partial charge is 0.340 e. The number of nitrogens with zero attached hydrogens (tertiary/aromatic N) is 2. The van der Waals surface area contributed by atoms with Crippen LogP contribution >= 0.6 is 0 Å². The fourth-order valence-corrected chi connectivity index (χ4v) is 2.62. The number of carbonyl (C=O) groups excluding carboxylic acids is 1. The average molecular weight is 370 g/mol. The normalized spacial score (nSPS) is 13.0. The highest BCUT2D eigenvalue weighted by molar-refractivity contribution is 7.89. The maximum atomic E-state index is 13.9. The minimum atomic E-state index is -4.05. The lowest BCUT2D eigenvalue weighted by Crippen LogP contribution is -2.28. The molecule has 3 N–H and O–H groups in total. The lowest BCUT2D eigenvalue weighted by Gasteiger charge is -2.11. The Morgan fingerprint density at radius 2 is 2.04 bits per heavy atom. The van der Waals surface area contributed by atoms with Crippen LogP contribution in [0.5, 0.6) is 0 Å². The van der Waals surface area contributed by atoms with Gasteiger partial charge < -0.3 is 9.84 Å². The van der Waals surface area contributed by atoms with Crippen molar-refractivity contribution in [2.75, 3.05) is 0 Å². The Kier molecular flexibility index (Phi) is 5.53. The molecule has 0 aliphatic heterocycles. The zero-order valence-electron chi connectivity index (χ0n) is 14.0.